The SMILES string of the molecule is CC(=O)N1CC2CCC(C1)O2. The second-order valence-electron chi connectivity index (χ2n) is 3.38. The largest absolute Gasteiger partial charge is 0.371 e. The first kappa shape index (κ1) is 7.10. The van der Waals surface area contributed by atoms with E-state index >= 15 is 0 Å². The fourth-order valence-corrected chi connectivity index (χ4v) is 1.87. The molecule has 0 aromatic heterocycles. The standard InChI is InChI=1S/C8H13NO2/c1-6(10)9-4-7-2-3-8(5-9)11-7/h7-8H,2-5H2,1H3. The number of rotatable bonds is 0. The average Bonchev–Trinajstić information content (AvgIpc) is 2.30. The highest BCUT2D eigenvalue weighted by atomic mass is 16.5. The molecular formula is C8H13NO2. The Morgan fingerprint density at radius 3 is 2.36 bits per heavy atom. The van der Waals surface area contributed by atoms with Crippen molar-refractivity contribution in [3.8, 4) is 0 Å². The molecule has 2 heterocycles. The van der Waals surface area contributed by atoms with Crippen LogP contribution in [0.2, 0.25) is 0 Å². The van der Waals surface area contributed by atoms with Gasteiger partial charge >= 0.3 is 0 Å². The van der Waals surface area contributed by atoms with Gasteiger partial charge in [-0.05, 0) is 12.8 Å². The highest BCUT2D eigenvalue weighted by Crippen LogP contribution is 2.25. The van der Waals surface area contributed by atoms with Gasteiger partial charge in [-0.15, -0.1) is 0 Å². The Hall–Kier alpha value is -0.570. The fraction of sp³-hybridized carbons (Fsp3) is 0.875. The van der Waals surface area contributed by atoms with Gasteiger partial charge in [0.2, 0.25) is 5.91 Å². The van der Waals surface area contributed by atoms with Crippen molar-refractivity contribution in [1.82, 2.24) is 4.90 Å². The zero-order chi connectivity index (χ0) is 7.84. The van der Waals surface area contributed by atoms with Crippen molar-refractivity contribution in [3.05, 3.63) is 0 Å². The maximum absolute atomic E-state index is 11.0. The Kier molecular flexibility index (Phi) is 1.60. The van der Waals surface area contributed by atoms with Crippen LogP contribution >= 0.6 is 0 Å². The molecule has 2 rings (SSSR count). The summed E-state index contributed by atoms with van der Waals surface area (Å²) < 4.78 is 5.58. The van der Waals surface area contributed by atoms with Gasteiger partial charge in [0.1, 0.15) is 0 Å². The van der Waals surface area contributed by atoms with Crippen LogP contribution in [-0.2, 0) is 9.53 Å². The molecule has 2 fully saturated rings. The van der Waals surface area contributed by atoms with E-state index in [1.165, 1.54) is 0 Å². The number of carbonyl (C=O) groups is 1. The Balaban J connectivity index is 2.02. The highest BCUT2D eigenvalue weighted by molar-refractivity contribution is 5.73. The molecule has 11 heavy (non-hydrogen) atoms. The summed E-state index contributed by atoms with van der Waals surface area (Å²) in [5.41, 5.74) is 0. The maximum Gasteiger partial charge on any atom is 0.219 e. The third-order valence-corrected chi connectivity index (χ3v) is 2.49. The first-order chi connectivity index (χ1) is 5.25. The van der Waals surface area contributed by atoms with Crippen molar-refractivity contribution in [1.29, 1.82) is 0 Å². The predicted molar refractivity (Wildman–Crippen MR) is 40.1 cm³/mol. The molecule has 0 aliphatic carbocycles. The molecule has 3 heteroatoms. The van der Waals surface area contributed by atoms with Gasteiger partial charge in [0.15, 0.2) is 0 Å². The number of carbonyl (C=O) groups excluding carboxylic acids is 1. The van der Waals surface area contributed by atoms with E-state index in [9.17, 15) is 4.79 Å². The zero-order valence-corrected chi connectivity index (χ0v) is 6.75. The Morgan fingerprint density at radius 1 is 1.36 bits per heavy atom. The van der Waals surface area contributed by atoms with Gasteiger partial charge in [0.25, 0.3) is 0 Å². The van der Waals surface area contributed by atoms with Gasteiger partial charge in [-0.3, -0.25) is 4.79 Å². The summed E-state index contributed by atoms with van der Waals surface area (Å²) in [6.45, 7) is 3.25. The van der Waals surface area contributed by atoms with Gasteiger partial charge in [0.05, 0.1) is 12.2 Å². The van der Waals surface area contributed by atoms with Gasteiger partial charge in [-0.1, -0.05) is 0 Å². The van der Waals surface area contributed by atoms with Crippen molar-refractivity contribution >= 4 is 5.91 Å². The van der Waals surface area contributed by atoms with Crippen molar-refractivity contribution in [2.24, 2.45) is 0 Å². The molecule has 2 saturated heterocycles. The summed E-state index contributed by atoms with van der Waals surface area (Å²) in [6.07, 6.45) is 2.93. The van der Waals surface area contributed by atoms with E-state index in [1.807, 2.05) is 4.90 Å². The number of amides is 1. The third kappa shape index (κ3) is 1.25. The smallest absolute Gasteiger partial charge is 0.219 e. The molecule has 0 N–H and O–H groups in total. The van der Waals surface area contributed by atoms with Crippen LogP contribution < -0.4 is 0 Å². The van der Waals surface area contributed by atoms with Crippen LogP contribution in [0, 0.1) is 0 Å². The second-order valence-corrected chi connectivity index (χ2v) is 3.38. The number of ether oxygens (including phenoxy) is 1. The highest BCUT2D eigenvalue weighted by Gasteiger charge is 2.34. The monoisotopic (exact) mass is 155 g/mol. The van der Waals surface area contributed by atoms with Gasteiger partial charge < -0.3 is 9.64 Å². The topological polar surface area (TPSA) is 29.5 Å². The molecule has 2 bridgehead atoms. The number of hydrogen-bond donors (Lipinski definition) is 0. The lowest BCUT2D eigenvalue weighted by atomic mass is 10.2. The molecule has 0 aromatic rings. The Labute approximate surface area is 66.3 Å². The van der Waals surface area contributed by atoms with E-state index in [4.69, 9.17) is 4.74 Å². The first-order valence-corrected chi connectivity index (χ1v) is 4.16. The first-order valence-electron chi connectivity index (χ1n) is 4.16. The zero-order valence-electron chi connectivity index (χ0n) is 6.75. The van der Waals surface area contributed by atoms with Crippen LogP contribution in [-0.4, -0.2) is 36.1 Å². The third-order valence-electron chi connectivity index (χ3n) is 2.49. The fourth-order valence-electron chi connectivity index (χ4n) is 1.87. The van der Waals surface area contributed by atoms with Crippen LogP contribution in [0.3, 0.4) is 0 Å². The van der Waals surface area contributed by atoms with Gasteiger partial charge in [0, 0.05) is 20.0 Å². The number of hydrogen-bond acceptors (Lipinski definition) is 2. The minimum atomic E-state index is 0.185. The molecule has 0 saturated carbocycles. The summed E-state index contributed by atoms with van der Waals surface area (Å²) >= 11 is 0. The molecule has 2 aliphatic rings. The minimum absolute atomic E-state index is 0.185. The molecule has 3 nitrogen and oxygen atoms in total. The lowest BCUT2D eigenvalue weighted by Crippen LogP contribution is -2.44. The summed E-state index contributed by atoms with van der Waals surface area (Å²) in [5, 5.41) is 0. The Bertz CT molecular complexity index is 169. The number of morpholine rings is 1. The van der Waals surface area contributed by atoms with Gasteiger partial charge in [-0.2, -0.15) is 0 Å². The van der Waals surface area contributed by atoms with Crippen molar-refractivity contribution in [3.63, 3.8) is 0 Å². The summed E-state index contributed by atoms with van der Waals surface area (Å²) in [6, 6.07) is 0. The lowest BCUT2D eigenvalue weighted by Gasteiger charge is -2.31. The van der Waals surface area contributed by atoms with Crippen LogP contribution in [0.4, 0.5) is 0 Å². The summed E-state index contributed by atoms with van der Waals surface area (Å²) in [7, 11) is 0. The van der Waals surface area contributed by atoms with Crippen LogP contribution in [0.1, 0.15) is 19.8 Å². The molecule has 0 spiro atoms. The molecule has 2 atom stereocenters. The number of fused-ring (bicyclic) bond motifs is 2. The maximum atomic E-state index is 11.0. The molecule has 0 aromatic carbocycles. The quantitative estimate of drug-likeness (QED) is 0.506. The normalized spacial score (nSPS) is 35.9. The molecule has 2 aliphatic heterocycles. The Morgan fingerprint density at radius 2 is 1.91 bits per heavy atom. The second kappa shape index (κ2) is 2.48. The van der Waals surface area contributed by atoms with E-state index in [1.54, 1.807) is 6.92 Å². The van der Waals surface area contributed by atoms with Crippen LogP contribution in [0.15, 0.2) is 0 Å². The van der Waals surface area contributed by atoms with E-state index in [0.717, 1.165) is 25.9 Å². The molecule has 1 amide bonds. The van der Waals surface area contributed by atoms with E-state index in [0.29, 0.717) is 12.2 Å². The molecule has 0 radical (unpaired) electrons. The van der Waals surface area contributed by atoms with Crippen molar-refractivity contribution in [2.45, 2.75) is 32.0 Å². The van der Waals surface area contributed by atoms with E-state index < -0.39 is 0 Å². The van der Waals surface area contributed by atoms with E-state index in [2.05, 4.69) is 0 Å². The van der Waals surface area contributed by atoms with Crippen molar-refractivity contribution < 1.29 is 9.53 Å². The number of likely N-dealkylation sites (tertiary alicyclic amines) is 1. The van der Waals surface area contributed by atoms with Crippen LogP contribution in [0.25, 0.3) is 0 Å². The summed E-state index contributed by atoms with van der Waals surface area (Å²) in [5.74, 6) is 0.185. The average molecular weight is 155 g/mol. The molecule has 62 valence electrons. The molecular weight excluding hydrogens is 142 g/mol. The molecule has 2 unspecified atom stereocenters. The van der Waals surface area contributed by atoms with Crippen LogP contribution in [0.5, 0.6) is 0 Å². The van der Waals surface area contributed by atoms with E-state index in [-0.39, 0.29) is 5.91 Å². The minimum Gasteiger partial charge on any atom is -0.371 e. The summed E-state index contributed by atoms with van der Waals surface area (Å²) in [4.78, 5) is 12.9. The van der Waals surface area contributed by atoms with Gasteiger partial charge in [-0.25, -0.2) is 0 Å². The predicted octanol–water partition coefficient (Wildman–Crippen LogP) is 0.396. The number of nitrogens with zero attached hydrogens (tertiary/aromatic N) is 1. The lowest BCUT2D eigenvalue weighted by molar-refractivity contribution is -0.137. The van der Waals surface area contributed by atoms with Crippen molar-refractivity contribution in [2.75, 3.05) is 13.1 Å².